The van der Waals surface area contributed by atoms with E-state index in [9.17, 15) is 9.59 Å². The summed E-state index contributed by atoms with van der Waals surface area (Å²) in [4.78, 5) is 31.4. The molecular weight excluding hydrogens is 352 g/mol. The Morgan fingerprint density at radius 3 is 2.08 bits per heavy atom. The first-order valence-electron chi connectivity index (χ1n) is 9.95. The van der Waals surface area contributed by atoms with Gasteiger partial charge in [-0.25, -0.2) is 0 Å². The largest absolute Gasteiger partial charge is 0.341 e. The maximum Gasteiger partial charge on any atom is 0.242 e. The highest BCUT2D eigenvalue weighted by Gasteiger charge is 2.34. The highest BCUT2D eigenvalue weighted by atomic mass is 35.5. The molecule has 0 radical (unpaired) electrons. The zero-order valence-corrected chi connectivity index (χ0v) is 17.5. The van der Waals surface area contributed by atoms with Gasteiger partial charge in [0, 0.05) is 45.7 Å². The Morgan fingerprint density at radius 2 is 1.58 bits per heavy atom. The summed E-state index contributed by atoms with van der Waals surface area (Å²) in [5.41, 5.74) is 5.43. The summed E-state index contributed by atoms with van der Waals surface area (Å²) < 4.78 is 0. The number of piperidine rings is 1. The van der Waals surface area contributed by atoms with Crippen LogP contribution in [0.1, 0.15) is 52.9 Å². The van der Waals surface area contributed by atoms with Crippen LogP contribution in [0, 0.1) is 5.92 Å². The van der Waals surface area contributed by atoms with Gasteiger partial charge in [0.25, 0.3) is 0 Å². The van der Waals surface area contributed by atoms with Crippen LogP contribution in [0.4, 0.5) is 0 Å². The Bertz CT molecular complexity index is 456. The van der Waals surface area contributed by atoms with Crippen LogP contribution >= 0.6 is 12.4 Å². The molecule has 2 saturated heterocycles. The molecule has 7 heteroatoms. The van der Waals surface area contributed by atoms with Gasteiger partial charge in [-0.2, -0.15) is 0 Å². The lowest BCUT2D eigenvalue weighted by Crippen LogP contribution is -2.55. The van der Waals surface area contributed by atoms with E-state index in [0.29, 0.717) is 18.8 Å². The molecule has 1 unspecified atom stereocenters. The van der Waals surface area contributed by atoms with Crippen LogP contribution in [0.3, 0.4) is 0 Å². The van der Waals surface area contributed by atoms with Crippen molar-refractivity contribution in [1.82, 2.24) is 14.7 Å². The maximum atomic E-state index is 12.6. The minimum atomic E-state index is -0.754. The second-order valence-corrected chi connectivity index (χ2v) is 7.92. The number of carbonyl (C=O) groups excluding carboxylic acids is 2. The average Bonchev–Trinajstić information content (AvgIpc) is 2.61. The summed E-state index contributed by atoms with van der Waals surface area (Å²) >= 11 is 0. The van der Waals surface area contributed by atoms with Crippen molar-refractivity contribution in [3.63, 3.8) is 0 Å². The molecule has 2 aliphatic rings. The monoisotopic (exact) mass is 388 g/mol. The number of hydrogen-bond acceptors (Lipinski definition) is 4. The molecule has 2 aliphatic heterocycles. The Labute approximate surface area is 164 Å². The van der Waals surface area contributed by atoms with Gasteiger partial charge in [0.1, 0.15) is 0 Å². The average molecular weight is 389 g/mol. The number of amides is 2. The van der Waals surface area contributed by atoms with E-state index in [4.69, 9.17) is 5.73 Å². The van der Waals surface area contributed by atoms with Crippen LogP contribution in [0.5, 0.6) is 0 Å². The van der Waals surface area contributed by atoms with Crippen molar-refractivity contribution in [2.75, 3.05) is 45.8 Å². The lowest BCUT2D eigenvalue weighted by molar-refractivity contribution is -0.138. The van der Waals surface area contributed by atoms with Gasteiger partial charge in [0.05, 0.1) is 5.54 Å². The van der Waals surface area contributed by atoms with Crippen LogP contribution in [0.15, 0.2) is 0 Å². The Kier molecular flexibility index (Phi) is 9.34. The lowest BCUT2D eigenvalue weighted by atomic mass is 9.90. The summed E-state index contributed by atoms with van der Waals surface area (Å²) in [5.74, 6) is 0.751. The minimum absolute atomic E-state index is 0. The second-order valence-electron chi connectivity index (χ2n) is 7.92. The van der Waals surface area contributed by atoms with Crippen molar-refractivity contribution >= 4 is 24.2 Å². The second kappa shape index (κ2) is 10.5. The highest BCUT2D eigenvalue weighted by molar-refractivity contribution is 5.86. The third kappa shape index (κ3) is 6.10. The Balaban J connectivity index is 0.00000338. The van der Waals surface area contributed by atoms with Gasteiger partial charge >= 0.3 is 0 Å². The van der Waals surface area contributed by atoms with E-state index in [0.717, 1.165) is 65.1 Å². The van der Waals surface area contributed by atoms with Gasteiger partial charge in [0.2, 0.25) is 11.8 Å². The lowest BCUT2D eigenvalue weighted by Gasteiger charge is -2.38. The molecule has 152 valence electrons. The van der Waals surface area contributed by atoms with Crippen LogP contribution in [0.2, 0.25) is 0 Å². The summed E-state index contributed by atoms with van der Waals surface area (Å²) in [6.45, 7) is 12.3. The summed E-state index contributed by atoms with van der Waals surface area (Å²) in [6.07, 6.45) is 4.08. The molecule has 0 bridgehead atoms. The van der Waals surface area contributed by atoms with Crippen LogP contribution in [-0.2, 0) is 9.59 Å². The number of halogens is 1. The number of likely N-dealkylation sites (N-methyl/N-ethyl adjacent to an activating group) is 1. The number of piperazine rings is 1. The van der Waals surface area contributed by atoms with Crippen LogP contribution in [-0.4, -0.2) is 77.9 Å². The number of hydrogen-bond donors (Lipinski definition) is 1. The van der Waals surface area contributed by atoms with Crippen molar-refractivity contribution in [2.24, 2.45) is 11.7 Å². The third-order valence-electron chi connectivity index (χ3n) is 5.80. The Morgan fingerprint density at radius 1 is 1.00 bits per heavy atom. The summed E-state index contributed by atoms with van der Waals surface area (Å²) in [5, 5.41) is 0. The first-order chi connectivity index (χ1) is 11.9. The molecule has 2 amide bonds. The first kappa shape index (κ1) is 23.2. The van der Waals surface area contributed by atoms with E-state index in [1.807, 2.05) is 16.7 Å². The van der Waals surface area contributed by atoms with E-state index in [1.165, 1.54) is 0 Å². The maximum absolute atomic E-state index is 12.6. The molecule has 0 spiro atoms. The molecule has 0 aromatic heterocycles. The normalized spacial score (nSPS) is 21.8. The van der Waals surface area contributed by atoms with Gasteiger partial charge in [0.15, 0.2) is 0 Å². The van der Waals surface area contributed by atoms with Gasteiger partial charge < -0.3 is 20.4 Å². The number of likely N-dealkylation sites (tertiary alicyclic amines) is 1. The zero-order valence-electron chi connectivity index (χ0n) is 16.7. The molecule has 0 aromatic rings. The summed E-state index contributed by atoms with van der Waals surface area (Å²) in [7, 11) is 0. The molecule has 26 heavy (non-hydrogen) atoms. The molecule has 2 rings (SSSR count). The first-order valence-corrected chi connectivity index (χ1v) is 9.95. The van der Waals surface area contributed by atoms with Crippen molar-refractivity contribution < 1.29 is 9.59 Å². The third-order valence-corrected chi connectivity index (χ3v) is 5.80. The number of nitrogens with two attached hydrogens (primary N) is 1. The van der Waals surface area contributed by atoms with E-state index < -0.39 is 5.54 Å². The number of carbonyl (C=O) groups is 2. The minimum Gasteiger partial charge on any atom is -0.341 e. The predicted molar refractivity (Wildman–Crippen MR) is 107 cm³/mol. The van der Waals surface area contributed by atoms with Gasteiger partial charge in [-0.15, -0.1) is 12.4 Å². The number of nitrogens with zero attached hydrogens (tertiary/aromatic N) is 3. The SMILES string of the molecule is CCCC(C)(N)C(=O)N1CCC(CC(=O)N2CCN(CC)CC2)CC1.Cl. The quantitative estimate of drug-likeness (QED) is 0.752. The Hall–Kier alpha value is -0.850. The molecule has 2 fully saturated rings. The van der Waals surface area contributed by atoms with Crippen molar-refractivity contribution in [1.29, 1.82) is 0 Å². The van der Waals surface area contributed by atoms with Gasteiger partial charge in [-0.1, -0.05) is 20.3 Å². The molecule has 1 atom stereocenters. The standard InChI is InChI=1S/C19H36N4O2.ClH/c1-4-8-19(3,20)18(25)23-9-6-16(7-10-23)15-17(24)22-13-11-21(5-2)12-14-22;/h16H,4-15,20H2,1-3H3;1H. The molecule has 0 aromatic carbocycles. The number of rotatable bonds is 6. The van der Waals surface area contributed by atoms with Gasteiger partial charge in [-0.05, 0) is 38.6 Å². The smallest absolute Gasteiger partial charge is 0.242 e. The fourth-order valence-electron chi connectivity index (χ4n) is 4.02. The predicted octanol–water partition coefficient (Wildman–Crippen LogP) is 1.72. The molecule has 2 N–H and O–H groups in total. The van der Waals surface area contributed by atoms with E-state index in [-0.39, 0.29) is 24.2 Å². The van der Waals surface area contributed by atoms with E-state index >= 15 is 0 Å². The summed E-state index contributed by atoms with van der Waals surface area (Å²) in [6, 6.07) is 0. The van der Waals surface area contributed by atoms with Crippen LogP contribution < -0.4 is 5.73 Å². The van der Waals surface area contributed by atoms with Crippen molar-refractivity contribution in [2.45, 2.75) is 58.4 Å². The van der Waals surface area contributed by atoms with Crippen molar-refractivity contribution in [3.8, 4) is 0 Å². The molecule has 0 saturated carbocycles. The fraction of sp³-hybridized carbons (Fsp3) is 0.895. The van der Waals surface area contributed by atoms with Crippen molar-refractivity contribution in [3.05, 3.63) is 0 Å². The van der Waals surface area contributed by atoms with E-state index in [2.05, 4.69) is 18.7 Å². The topological polar surface area (TPSA) is 69.9 Å². The molecule has 6 nitrogen and oxygen atoms in total. The van der Waals surface area contributed by atoms with Crippen LogP contribution in [0.25, 0.3) is 0 Å². The molecule has 0 aliphatic carbocycles. The molecular formula is C19H37ClN4O2. The van der Waals surface area contributed by atoms with E-state index in [1.54, 1.807) is 0 Å². The highest BCUT2D eigenvalue weighted by Crippen LogP contribution is 2.24. The fourth-order valence-corrected chi connectivity index (χ4v) is 4.02. The zero-order chi connectivity index (χ0) is 18.4. The molecule has 2 heterocycles. The van der Waals surface area contributed by atoms with Gasteiger partial charge in [-0.3, -0.25) is 9.59 Å².